The first kappa shape index (κ1) is 16.3. The second-order valence-electron chi connectivity index (χ2n) is 6.78. The SMILES string of the molecule is CCC(CC)NCC(C)N1CCN(C2CCCC2)CC1. The van der Waals surface area contributed by atoms with Crippen molar-refractivity contribution in [1.29, 1.82) is 0 Å². The van der Waals surface area contributed by atoms with Gasteiger partial charge in [0, 0.05) is 50.8 Å². The Morgan fingerprint density at radius 2 is 1.60 bits per heavy atom. The van der Waals surface area contributed by atoms with Gasteiger partial charge in [-0.15, -0.1) is 0 Å². The maximum atomic E-state index is 3.73. The molecule has 1 atom stereocenters. The highest BCUT2D eigenvalue weighted by molar-refractivity contribution is 4.84. The van der Waals surface area contributed by atoms with Gasteiger partial charge in [-0.3, -0.25) is 9.80 Å². The minimum Gasteiger partial charge on any atom is -0.312 e. The van der Waals surface area contributed by atoms with Gasteiger partial charge >= 0.3 is 0 Å². The van der Waals surface area contributed by atoms with Gasteiger partial charge in [0.05, 0.1) is 0 Å². The molecule has 0 radical (unpaired) electrons. The summed E-state index contributed by atoms with van der Waals surface area (Å²) in [6.45, 7) is 13.2. The fourth-order valence-electron chi connectivity index (χ4n) is 3.86. The van der Waals surface area contributed by atoms with E-state index in [0.29, 0.717) is 12.1 Å². The van der Waals surface area contributed by atoms with Crippen LogP contribution < -0.4 is 5.32 Å². The number of nitrogens with one attached hydrogen (secondary N) is 1. The Hall–Kier alpha value is -0.120. The Labute approximate surface area is 126 Å². The van der Waals surface area contributed by atoms with E-state index in [2.05, 4.69) is 35.9 Å². The van der Waals surface area contributed by atoms with Crippen LogP contribution in [0.2, 0.25) is 0 Å². The lowest BCUT2D eigenvalue weighted by molar-refractivity contribution is 0.0740. The Morgan fingerprint density at radius 3 is 2.15 bits per heavy atom. The molecule has 2 fully saturated rings. The molecule has 1 aliphatic carbocycles. The van der Waals surface area contributed by atoms with Crippen molar-refractivity contribution in [1.82, 2.24) is 15.1 Å². The number of hydrogen-bond acceptors (Lipinski definition) is 3. The van der Waals surface area contributed by atoms with E-state index in [1.165, 1.54) is 64.7 Å². The molecule has 1 saturated heterocycles. The van der Waals surface area contributed by atoms with E-state index in [4.69, 9.17) is 0 Å². The second kappa shape index (κ2) is 8.35. The summed E-state index contributed by atoms with van der Waals surface area (Å²) in [6, 6.07) is 2.30. The largest absolute Gasteiger partial charge is 0.312 e. The summed E-state index contributed by atoms with van der Waals surface area (Å²) >= 11 is 0. The van der Waals surface area contributed by atoms with Crippen molar-refractivity contribution in [2.75, 3.05) is 32.7 Å². The van der Waals surface area contributed by atoms with Crippen molar-refractivity contribution >= 4 is 0 Å². The van der Waals surface area contributed by atoms with Crippen LogP contribution in [0.25, 0.3) is 0 Å². The quantitative estimate of drug-likeness (QED) is 0.774. The zero-order valence-corrected chi connectivity index (χ0v) is 13.9. The van der Waals surface area contributed by atoms with E-state index in [9.17, 15) is 0 Å². The summed E-state index contributed by atoms with van der Waals surface area (Å²) in [5, 5.41) is 3.73. The molecule has 0 aromatic heterocycles. The predicted molar refractivity (Wildman–Crippen MR) is 87.2 cm³/mol. The van der Waals surface area contributed by atoms with Crippen LogP contribution in [-0.2, 0) is 0 Å². The molecular formula is C17H35N3. The van der Waals surface area contributed by atoms with Gasteiger partial charge in [-0.1, -0.05) is 26.7 Å². The van der Waals surface area contributed by atoms with E-state index in [0.717, 1.165) is 12.6 Å². The normalized spacial score (nSPS) is 24.6. The third kappa shape index (κ3) is 4.44. The molecule has 118 valence electrons. The molecule has 1 unspecified atom stereocenters. The van der Waals surface area contributed by atoms with Gasteiger partial charge in [0.15, 0.2) is 0 Å². The van der Waals surface area contributed by atoms with Gasteiger partial charge in [0.2, 0.25) is 0 Å². The molecule has 0 amide bonds. The van der Waals surface area contributed by atoms with Crippen LogP contribution >= 0.6 is 0 Å². The molecule has 20 heavy (non-hydrogen) atoms. The van der Waals surface area contributed by atoms with Crippen LogP contribution in [0.1, 0.15) is 59.3 Å². The molecule has 1 aliphatic heterocycles. The molecular weight excluding hydrogens is 246 g/mol. The van der Waals surface area contributed by atoms with E-state index < -0.39 is 0 Å². The van der Waals surface area contributed by atoms with Crippen LogP contribution in [0.15, 0.2) is 0 Å². The van der Waals surface area contributed by atoms with Crippen molar-refractivity contribution in [3.8, 4) is 0 Å². The van der Waals surface area contributed by atoms with Crippen molar-refractivity contribution in [3.05, 3.63) is 0 Å². The first-order valence-corrected chi connectivity index (χ1v) is 8.96. The molecule has 1 N–H and O–H groups in total. The molecule has 0 spiro atoms. The Balaban J connectivity index is 1.67. The summed E-state index contributed by atoms with van der Waals surface area (Å²) in [5.74, 6) is 0. The lowest BCUT2D eigenvalue weighted by Crippen LogP contribution is -2.54. The monoisotopic (exact) mass is 281 g/mol. The van der Waals surface area contributed by atoms with Crippen LogP contribution in [-0.4, -0.2) is 60.6 Å². The lowest BCUT2D eigenvalue weighted by atomic mass is 10.1. The predicted octanol–water partition coefficient (Wildman–Crippen LogP) is 2.71. The van der Waals surface area contributed by atoms with E-state index in [-0.39, 0.29) is 0 Å². The number of piperazine rings is 1. The van der Waals surface area contributed by atoms with Gasteiger partial charge in [0.1, 0.15) is 0 Å². The van der Waals surface area contributed by atoms with E-state index in [1.54, 1.807) is 0 Å². The van der Waals surface area contributed by atoms with Crippen LogP contribution in [0.4, 0.5) is 0 Å². The van der Waals surface area contributed by atoms with Crippen molar-refractivity contribution in [2.24, 2.45) is 0 Å². The third-order valence-corrected chi connectivity index (χ3v) is 5.50. The van der Waals surface area contributed by atoms with Gasteiger partial charge in [-0.2, -0.15) is 0 Å². The second-order valence-corrected chi connectivity index (χ2v) is 6.78. The average molecular weight is 281 g/mol. The van der Waals surface area contributed by atoms with E-state index >= 15 is 0 Å². The number of nitrogens with zero attached hydrogens (tertiary/aromatic N) is 2. The Bertz CT molecular complexity index is 251. The highest BCUT2D eigenvalue weighted by Crippen LogP contribution is 2.24. The summed E-state index contributed by atoms with van der Waals surface area (Å²) < 4.78 is 0. The van der Waals surface area contributed by atoms with Gasteiger partial charge < -0.3 is 5.32 Å². The average Bonchev–Trinajstić information content (AvgIpc) is 3.02. The van der Waals surface area contributed by atoms with Gasteiger partial charge in [-0.25, -0.2) is 0 Å². The van der Waals surface area contributed by atoms with Gasteiger partial charge in [0.25, 0.3) is 0 Å². The molecule has 2 aliphatic rings. The first-order chi connectivity index (χ1) is 9.74. The molecule has 1 heterocycles. The maximum absolute atomic E-state index is 3.73. The molecule has 2 rings (SSSR count). The van der Waals surface area contributed by atoms with Crippen molar-refractivity contribution in [3.63, 3.8) is 0 Å². The summed E-state index contributed by atoms with van der Waals surface area (Å²) in [7, 11) is 0. The zero-order valence-electron chi connectivity index (χ0n) is 13.9. The lowest BCUT2D eigenvalue weighted by Gasteiger charge is -2.41. The fourth-order valence-corrected chi connectivity index (χ4v) is 3.86. The van der Waals surface area contributed by atoms with Crippen LogP contribution in [0.3, 0.4) is 0 Å². The smallest absolute Gasteiger partial charge is 0.0193 e. The summed E-state index contributed by atoms with van der Waals surface area (Å²) in [6.07, 6.45) is 8.32. The Morgan fingerprint density at radius 1 is 1.00 bits per heavy atom. The number of rotatable bonds is 7. The number of hydrogen-bond donors (Lipinski definition) is 1. The summed E-state index contributed by atoms with van der Waals surface area (Å²) in [5.41, 5.74) is 0. The molecule has 3 heteroatoms. The topological polar surface area (TPSA) is 18.5 Å². The van der Waals surface area contributed by atoms with Crippen molar-refractivity contribution < 1.29 is 0 Å². The van der Waals surface area contributed by atoms with Crippen LogP contribution in [0, 0.1) is 0 Å². The fraction of sp³-hybridized carbons (Fsp3) is 1.00. The van der Waals surface area contributed by atoms with Gasteiger partial charge in [-0.05, 0) is 32.6 Å². The first-order valence-electron chi connectivity index (χ1n) is 8.96. The molecule has 1 saturated carbocycles. The third-order valence-electron chi connectivity index (χ3n) is 5.50. The minimum absolute atomic E-state index is 0.682. The molecule has 0 bridgehead atoms. The highest BCUT2D eigenvalue weighted by Gasteiger charge is 2.27. The highest BCUT2D eigenvalue weighted by atomic mass is 15.3. The zero-order chi connectivity index (χ0) is 14.4. The van der Waals surface area contributed by atoms with Crippen molar-refractivity contribution in [2.45, 2.75) is 77.4 Å². The molecule has 0 aromatic rings. The summed E-state index contributed by atoms with van der Waals surface area (Å²) in [4.78, 5) is 5.44. The van der Waals surface area contributed by atoms with Crippen LogP contribution in [0.5, 0.6) is 0 Å². The van der Waals surface area contributed by atoms with E-state index in [1.807, 2.05) is 0 Å². The minimum atomic E-state index is 0.682. The maximum Gasteiger partial charge on any atom is 0.0193 e. The molecule has 3 nitrogen and oxygen atoms in total. The molecule has 0 aromatic carbocycles. The Kier molecular flexibility index (Phi) is 6.79. The standard InChI is InChI=1S/C17H35N3/c1-4-16(5-2)18-14-15(3)19-10-12-20(13-11-19)17-8-6-7-9-17/h15-18H,4-14H2,1-3H3.